The third-order valence-electron chi connectivity index (χ3n) is 2.22. The van der Waals surface area contributed by atoms with Crippen molar-refractivity contribution in [2.24, 2.45) is 5.41 Å². The molecule has 0 aliphatic carbocycles. The number of rotatable bonds is 8. The second kappa shape index (κ2) is 8.05. The Morgan fingerprint density at radius 1 is 1.28 bits per heavy atom. The van der Waals surface area contributed by atoms with E-state index in [1.807, 2.05) is 0 Å². The molecule has 2 unspecified atom stereocenters. The smallest absolute Gasteiger partial charge is 0.319 e. The number of esters is 2. The predicted molar refractivity (Wildman–Crippen MR) is 63.8 cm³/mol. The first-order valence-electron chi connectivity index (χ1n) is 5.80. The lowest BCUT2D eigenvalue weighted by atomic mass is 9.93. The van der Waals surface area contributed by atoms with Crippen LogP contribution in [0.2, 0.25) is 0 Å². The summed E-state index contributed by atoms with van der Waals surface area (Å²) in [5, 5.41) is 0. The summed E-state index contributed by atoms with van der Waals surface area (Å²) in [6.07, 6.45) is -0.643. The van der Waals surface area contributed by atoms with Crippen molar-refractivity contribution >= 4 is 11.9 Å². The van der Waals surface area contributed by atoms with Crippen LogP contribution in [-0.4, -0.2) is 45.2 Å². The molecule has 6 heteroatoms. The average Bonchev–Trinajstić information content (AvgIpc) is 2.27. The maximum atomic E-state index is 12.0. The topological polar surface area (TPSA) is 71.1 Å². The number of methoxy groups -OCH3 is 1. The highest BCUT2D eigenvalue weighted by atomic mass is 16.7. The van der Waals surface area contributed by atoms with Crippen molar-refractivity contribution < 1.29 is 28.5 Å². The Morgan fingerprint density at radius 2 is 1.89 bits per heavy atom. The number of carbonyl (C=O) groups excluding carboxylic acids is 2. The molecule has 2 atom stereocenters. The molecular weight excluding hydrogens is 240 g/mol. The van der Waals surface area contributed by atoms with Gasteiger partial charge in [0.1, 0.15) is 12.0 Å². The largest absolute Gasteiger partial charge is 0.465 e. The summed E-state index contributed by atoms with van der Waals surface area (Å²) >= 11 is 0. The molecule has 0 rings (SSSR count). The summed E-state index contributed by atoms with van der Waals surface area (Å²) in [6, 6.07) is 0. The van der Waals surface area contributed by atoms with E-state index in [2.05, 4.69) is 0 Å². The van der Waals surface area contributed by atoms with Gasteiger partial charge in [0, 0.05) is 20.6 Å². The van der Waals surface area contributed by atoms with Gasteiger partial charge >= 0.3 is 11.9 Å². The van der Waals surface area contributed by atoms with Crippen LogP contribution in [0.5, 0.6) is 0 Å². The molecule has 0 saturated heterocycles. The van der Waals surface area contributed by atoms with Crippen molar-refractivity contribution in [3.8, 4) is 0 Å². The molecule has 0 amide bonds. The Hall–Kier alpha value is -1.14. The van der Waals surface area contributed by atoms with Gasteiger partial charge in [-0.15, -0.1) is 0 Å². The lowest BCUT2D eigenvalue weighted by molar-refractivity contribution is -0.191. The van der Waals surface area contributed by atoms with Crippen molar-refractivity contribution in [1.82, 2.24) is 0 Å². The molecule has 106 valence electrons. The number of hydrogen-bond donors (Lipinski definition) is 0. The molecule has 0 aliphatic rings. The van der Waals surface area contributed by atoms with Crippen LogP contribution in [0.25, 0.3) is 0 Å². The number of carbonyl (C=O) groups is 2. The van der Waals surface area contributed by atoms with E-state index >= 15 is 0 Å². The van der Waals surface area contributed by atoms with E-state index in [1.165, 1.54) is 14.0 Å². The van der Waals surface area contributed by atoms with E-state index in [1.54, 1.807) is 20.8 Å². The van der Waals surface area contributed by atoms with Gasteiger partial charge in [-0.25, -0.2) is 0 Å². The molecule has 0 aromatic carbocycles. The molecule has 0 aromatic rings. The molecule has 6 nitrogen and oxygen atoms in total. The van der Waals surface area contributed by atoms with Gasteiger partial charge in [0.2, 0.25) is 0 Å². The predicted octanol–water partition coefficient (Wildman–Crippen LogP) is 1.13. The van der Waals surface area contributed by atoms with Crippen molar-refractivity contribution in [3.05, 3.63) is 0 Å². The molecular formula is C12H22O6. The van der Waals surface area contributed by atoms with E-state index in [9.17, 15) is 9.59 Å². The monoisotopic (exact) mass is 262 g/mol. The Kier molecular flexibility index (Phi) is 7.54. The molecule has 0 aromatic heterocycles. The highest BCUT2D eigenvalue weighted by Gasteiger charge is 2.37. The first kappa shape index (κ1) is 16.9. The third kappa shape index (κ3) is 5.97. The zero-order valence-corrected chi connectivity index (χ0v) is 11.6. The van der Waals surface area contributed by atoms with Gasteiger partial charge in [-0.05, 0) is 20.8 Å². The summed E-state index contributed by atoms with van der Waals surface area (Å²) < 4.78 is 20.1. The van der Waals surface area contributed by atoms with Crippen LogP contribution in [0.1, 0.15) is 27.7 Å². The maximum absolute atomic E-state index is 12.0. The zero-order chi connectivity index (χ0) is 14.2. The molecule has 18 heavy (non-hydrogen) atoms. The summed E-state index contributed by atoms with van der Waals surface area (Å²) in [5.41, 5.74) is -1.04. The Bertz CT molecular complexity index is 278. The van der Waals surface area contributed by atoms with E-state index in [-0.39, 0.29) is 13.2 Å². The minimum absolute atomic E-state index is 0.0894. The fourth-order valence-corrected chi connectivity index (χ4v) is 1.30. The normalized spacial score (nSPS) is 15.6. The van der Waals surface area contributed by atoms with Gasteiger partial charge < -0.3 is 18.9 Å². The highest BCUT2D eigenvalue weighted by Crippen LogP contribution is 2.21. The number of ether oxygens (including phenoxy) is 4. The fourth-order valence-electron chi connectivity index (χ4n) is 1.30. The summed E-state index contributed by atoms with van der Waals surface area (Å²) in [5.74, 6) is -0.977. The molecule has 0 bridgehead atoms. The molecule has 0 saturated carbocycles. The Labute approximate surface area is 108 Å². The highest BCUT2D eigenvalue weighted by molar-refractivity contribution is 5.77. The minimum Gasteiger partial charge on any atom is -0.465 e. The Balaban J connectivity index is 4.54. The summed E-state index contributed by atoms with van der Waals surface area (Å²) in [6.45, 7) is 6.77. The summed E-state index contributed by atoms with van der Waals surface area (Å²) in [7, 11) is 1.46. The zero-order valence-electron chi connectivity index (χ0n) is 11.6. The van der Waals surface area contributed by atoms with Gasteiger partial charge in [0.05, 0.1) is 6.61 Å². The second-order valence-electron chi connectivity index (χ2n) is 4.20. The van der Waals surface area contributed by atoms with Crippen molar-refractivity contribution in [1.29, 1.82) is 0 Å². The van der Waals surface area contributed by atoms with Crippen LogP contribution >= 0.6 is 0 Å². The van der Waals surface area contributed by atoms with Crippen molar-refractivity contribution in [2.45, 2.75) is 34.0 Å². The minimum atomic E-state index is -1.04. The van der Waals surface area contributed by atoms with Crippen LogP contribution in [0.4, 0.5) is 0 Å². The maximum Gasteiger partial charge on any atom is 0.319 e. The van der Waals surface area contributed by atoms with Crippen LogP contribution in [0.15, 0.2) is 0 Å². The van der Waals surface area contributed by atoms with Crippen LogP contribution in [0, 0.1) is 5.41 Å². The first-order valence-corrected chi connectivity index (χ1v) is 5.80. The van der Waals surface area contributed by atoms with Gasteiger partial charge in [0.25, 0.3) is 0 Å². The third-order valence-corrected chi connectivity index (χ3v) is 2.22. The quantitative estimate of drug-likeness (QED) is 0.482. The standard InChI is InChI=1S/C12H22O6/c1-6-16-10(3)18-11(14)12(4,7-15-5)8-17-9(2)13/h10H,6-8H2,1-5H3. The molecule has 0 fully saturated rings. The SMILES string of the molecule is CCOC(C)OC(=O)C(C)(COC)COC(C)=O. The van der Waals surface area contributed by atoms with E-state index < -0.39 is 23.6 Å². The van der Waals surface area contributed by atoms with E-state index in [4.69, 9.17) is 18.9 Å². The van der Waals surface area contributed by atoms with Gasteiger partial charge in [-0.1, -0.05) is 0 Å². The second-order valence-corrected chi connectivity index (χ2v) is 4.20. The number of hydrogen-bond acceptors (Lipinski definition) is 6. The lowest BCUT2D eigenvalue weighted by Gasteiger charge is -2.27. The average molecular weight is 262 g/mol. The van der Waals surface area contributed by atoms with Crippen molar-refractivity contribution in [2.75, 3.05) is 26.9 Å². The van der Waals surface area contributed by atoms with E-state index in [0.29, 0.717) is 6.61 Å². The van der Waals surface area contributed by atoms with Crippen LogP contribution in [0.3, 0.4) is 0 Å². The Morgan fingerprint density at radius 3 is 2.33 bits per heavy atom. The van der Waals surface area contributed by atoms with Crippen LogP contribution < -0.4 is 0 Å². The molecule has 0 aliphatic heterocycles. The lowest BCUT2D eigenvalue weighted by Crippen LogP contribution is -2.41. The first-order chi connectivity index (χ1) is 8.35. The molecule has 0 radical (unpaired) electrons. The van der Waals surface area contributed by atoms with Gasteiger partial charge in [0.15, 0.2) is 6.29 Å². The van der Waals surface area contributed by atoms with E-state index in [0.717, 1.165) is 0 Å². The molecule has 0 heterocycles. The molecule has 0 N–H and O–H groups in total. The molecule has 0 spiro atoms. The van der Waals surface area contributed by atoms with Crippen molar-refractivity contribution in [3.63, 3.8) is 0 Å². The van der Waals surface area contributed by atoms with Crippen LogP contribution in [-0.2, 0) is 28.5 Å². The summed E-state index contributed by atoms with van der Waals surface area (Å²) in [4.78, 5) is 22.8. The fraction of sp³-hybridized carbons (Fsp3) is 0.833. The van der Waals surface area contributed by atoms with Gasteiger partial charge in [-0.3, -0.25) is 9.59 Å². The van der Waals surface area contributed by atoms with Gasteiger partial charge in [-0.2, -0.15) is 0 Å².